The first kappa shape index (κ1) is 14.4. The minimum absolute atomic E-state index is 0.0288. The van der Waals surface area contributed by atoms with Crippen molar-refractivity contribution in [2.45, 2.75) is 32.2 Å². The quantitative estimate of drug-likeness (QED) is 0.764. The molecule has 2 unspecified atom stereocenters. The number of para-hydroxylation sites is 1. The Bertz CT molecular complexity index is 502. The summed E-state index contributed by atoms with van der Waals surface area (Å²) in [7, 11) is 0. The van der Waals surface area contributed by atoms with Crippen molar-refractivity contribution in [2.24, 2.45) is 5.92 Å². The van der Waals surface area contributed by atoms with Crippen LogP contribution in [0.2, 0.25) is 0 Å². The number of carbonyl (C=O) groups is 2. The third kappa shape index (κ3) is 3.50. The van der Waals surface area contributed by atoms with E-state index in [1.807, 2.05) is 31.2 Å². The summed E-state index contributed by atoms with van der Waals surface area (Å²) in [4.78, 5) is 22.9. The number of carboxylic acids is 1. The number of hydrogen-bond acceptors (Lipinski definition) is 3. The molecule has 0 saturated heterocycles. The Kier molecular flexibility index (Phi) is 4.61. The molecule has 0 fully saturated rings. The first-order valence-electron chi connectivity index (χ1n) is 6.94. The molecule has 0 radical (unpaired) electrons. The Labute approximate surface area is 118 Å². The molecule has 5 heteroatoms. The number of nitrogens with one attached hydrogen (secondary N) is 2. The van der Waals surface area contributed by atoms with Gasteiger partial charge in [-0.2, -0.15) is 0 Å². The van der Waals surface area contributed by atoms with Crippen LogP contribution in [0.3, 0.4) is 0 Å². The molecule has 1 aliphatic heterocycles. The molecule has 0 spiro atoms. The molecule has 1 aromatic carbocycles. The minimum Gasteiger partial charge on any atom is -0.481 e. The van der Waals surface area contributed by atoms with E-state index in [1.54, 1.807) is 0 Å². The fourth-order valence-corrected chi connectivity index (χ4v) is 2.45. The molecule has 1 aromatic rings. The molecule has 20 heavy (non-hydrogen) atoms. The highest BCUT2D eigenvalue weighted by atomic mass is 16.4. The van der Waals surface area contributed by atoms with Gasteiger partial charge in [0.05, 0.1) is 12.3 Å². The molecular formula is C15H20N2O3. The van der Waals surface area contributed by atoms with Crippen LogP contribution in [0, 0.1) is 5.92 Å². The van der Waals surface area contributed by atoms with Gasteiger partial charge in [0.2, 0.25) is 5.91 Å². The molecule has 5 nitrogen and oxygen atoms in total. The minimum atomic E-state index is -0.885. The first-order valence-corrected chi connectivity index (χ1v) is 6.94. The zero-order chi connectivity index (χ0) is 14.5. The van der Waals surface area contributed by atoms with Crippen LogP contribution >= 0.6 is 0 Å². The maximum absolute atomic E-state index is 12.2. The van der Waals surface area contributed by atoms with Crippen molar-refractivity contribution in [3.05, 3.63) is 29.8 Å². The number of carbonyl (C=O) groups excluding carboxylic acids is 1. The molecule has 0 saturated carbocycles. The number of benzene rings is 1. The third-order valence-electron chi connectivity index (χ3n) is 3.65. The van der Waals surface area contributed by atoms with Gasteiger partial charge in [0.25, 0.3) is 0 Å². The zero-order valence-corrected chi connectivity index (χ0v) is 11.6. The van der Waals surface area contributed by atoms with E-state index in [1.165, 1.54) is 0 Å². The molecule has 1 aliphatic rings. The standard InChI is InChI=1S/C15H20N2O3/c1-2-12(8-14(18)19)17-15(20)11-7-10-5-3-4-6-13(10)16-9-11/h3-6,11-12,16H,2,7-9H2,1H3,(H,17,20)(H,18,19). The number of fused-ring (bicyclic) bond motifs is 1. The summed E-state index contributed by atoms with van der Waals surface area (Å²) in [5.74, 6) is -1.10. The summed E-state index contributed by atoms with van der Waals surface area (Å²) >= 11 is 0. The van der Waals surface area contributed by atoms with Gasteiger partial charge in [0.15, 0.2) is 0 Å². The van der Waals surface area contributed by atoms with E-state index in [4.69, 9.17) is 5.11 Å². The zero-order valence-electron chi connectivity index (χ0n) is 11.6. The molecule has 0 aliphatic carbocycles. The van der Waals surface area contributed by atoms with Crippen LogP contribution in [0.5, 0.6) is 0 Å². The van der Waals surface area contributed by atoms with Crippen molar-refractivity contribution in [1.82, 2.24) is 5.32 Å². The van der Waals surface area contributed by atoms with Crippen LogP contribution in [0.4, 0.5) is 5.69 Å². The number of aliphatic carboxylic acids is 1. The highest BCUT2D eigenvalue weighted by molar-refractivity contribution is 5.81. The number of rotatable bonds is 5. The molecule has 2 atom stereocenters. The topological polar surface area (TPSA) is 78.4 Å². The van der Waals surface area contributed by atoms with Crippen LogP contribution in [0.15, 0.2) is 24.3 Å². The molecule has 3 N–H and O–H groups in total. The predicted octanol–water partition coefficient (Wildman–Crippen LogP) is 1.64. The molecule has 108 valence electrons. The van der Waals surface area contributed by atoms with Crippen LogP contribution < -0.4 is 10.6 Å². The summed E-state index contributed by atoms with van der Waals surface area (Å²) in [6.07, 6.45) is 1.28. The Morgan fingerprint density at radius 1 is 1.45 bits per heavy atom. The summed E-state index contributed by atoms with van der Waals surface area (Å²) < 4.78 is 0. The molecule has 2 rings (SSSR count). The summed E-state index contributed by atoms with van der Waals surface area (Å²) in [6, 6.07) is 7.64. The lowest BCUT2D eigenvalue weighted by atomic mass is 9.93. The van der Waals surface area contributed by atoms with Crippen molar-refractivity contribution < 1.29 is 14.7 Å². The maximum atomic E-state index is 12.2. The lowest BCUT2D eigenvalue weighted by Gasteiger charge is -2.27. The van der Waals surface area contributed by atoms with Crippen molar-refractivity contribution in [3.8, 4) is 0 Å². The largest absolute Gasteiger partial charge is 0.481 e. The average Bonchev–Trinajstić information content (AvgIpc) is 2.45. The van der Waals surface area contributed by atoms with Crippen molar-refractivity contribution in [2.75, 3.05) is 11.9 Å². The van der Waals surface area contributed by atoms with Gasteiger partial charge in [0.1, 0.15) is 0 Å². The maximum Gasteiger partial charge on any atom is 0.305 e. The van der Waals surface area contributed by atoms with E-state index in [0.29, 0.717) is 19.4 Å². The smallest absolute Gasteiger partial charge is 0.305 e. The van der Waals surface area contributed by atoms with Crippen molar-refractivity contribution in [1.29, 1.82) is 0 Å². The van der Waals surface area contributed by atoms with Gasteiger partial charge >= 0.3 is 5.97 Å². The number of amides is 1. The lowest BCUT2D eigenvalue weighted by Crippen LogP contribution is -2.43. The molecule has 1 heterocycles. The van der Waals surface area contributed by atoms with Gasteiger partial charge in [-0.05, 0) is 24.5 Å². The number of anilines is 1. The monoisotopic (exact) mass is 276 g/mol. The Morgan fingerprint density at radius 2 is 2.20 bits per heavy atom. The van der Waals surface area contributed by atoms with Crippen LogP contribution in [-0.2, 0) is 16.0 Å². The molecular weight excluding hydrogens is 256 g/mol. The van der Waals surface area contributed by atoms with Gasteiger partial charge < -0.3 is 15.7 Å². The van der Waals surface area contributed by atoms with E-state index in [0.717, 1.165) is 11.3 Å². The normalized spacial score (nSPS) is 18.6. The Morgan fingerprint density at radius 3 is 2.90 bits per heavy atom. The summed E-state index contributed by atoms with van der Waals surface area (Å²) in [6.45, 7) is 2.47. The summed E-state index contributed by atoms with van der Waals surface area (Å²) in [5, 5.41) is 14.9. The third-order valence-corrected chi connectivity index (χ3v) is 3.65. The van der Waals surface area contributed by atoms with E-state index < -0.39 is 5.97 Å². The highest BCUT2D eigenvalue weighted by Gasteiger charge is 2.26. The highest BCUT2D eigenvalue weighted by Crippen LogP contribution is 2.24. The fourth-order valence-electron chi connectivity index (χ4n) is 2.45. The second-order valence-electron chi connectivity index (χ2n) is 5.15. The lowest BCUT2D eigenvalue weighted by molar-refractivity contribution is -0.137. The van der Waals surface area contributed by atoms with Crippen LogP contribution in [-0.4, -0.2) is 29.6 Å². The first-order chi connectivity index (χ1) is 9.60. The Hall–Kier alpha value is -2.04. The SMILES string of the molecule is CCC(CC(=O)O)NC(=O)C1CNc2ccccc2C1. The van der Waals surface area contributed by atoms with Gasteiger partial charge in [0, 0.05) is 18.3 Å². The van der Waals surface area contributed by atoms with Crippen molar-refractivity contribution in [3.63, 3.8) is 0 Å². The summed E-state index contributed by atoms with van der Waals surface area (Å²) in [5.41, 5.74) is 2.21. The fraction of sp³-hybridized carbons (Fsp3) is 0.467. The Balaban J connectivity index is 1.95. The molecule has 0 aromatic heterocycles. The number of hydrogen-bond donors (Lipinski definition) is 3. The van der Waals surface area contributed by atoms with E-state index in [-0.39, 0.29) is 24.3 Å². The van der Waals surface area contributed by atoms with Gasteiger partial charge in [-0.3, -0.25) is 9.59 Å². The van der Waals surface area contributed by atoms with E-state index in [2.05, 4.69) is 10.6 Å². The second kappa shape index (κ2) is 6.41. The van der Waals surface area contributed by atoms with Gasteiger partial charge in [-0.15, -0.1) is 0 Å². The van der Waals surface area contributed by atoms with Gasteiger partial charge in [-0.1, -0.05) is 25.1 Å². The predicted molar refractivity (Wildman–Crippen MR) is 76.6 cm³/mol. The van der Waals surface area contributed by atoms with E-state index in [9.17, 15) is 9.59 Å². The second-order valence-corrected chi connectivity index (χ2v) is 5.15. The van der Waals surface area contributed by atoms with Crippen molar-refractivity contribution >= 4 is 17.6 Å². The van der Waals surface area contributed by atoms with Gasteiger partial charge in [-0.25, -0.2) is 0 Å². The molecule has 1 amide bonds. The van der Waals surface area contributed by atoms with Crippen LogP contribution in [0.1, 0.15) is 25.3 Å². The van der Waals surface area contributed by atoms with Crippen LogP contribution in [0.25, 0.3) is 0 Å². The molecule has 0 bridgehead atoms. The van der Waals surface area contributed by atoms with E-state index >= 15 is 0 Å². The average molecular weight is 276 g/mol. The number of carboxylic acid groups (broad SMARTS) is 1.